The Bertz CT molecular complexity index is 902. The summed E-state index contributed by atoms with van der Waals surface area (Å²) in [5.41, 5.74) is 0.340. The van der Waals surface area contributed by atoms with Crippen LogP contribution in [0.3, 0.4) is 0 Å². The van der Waals surface area contributed by atoms with E-state index in [1.54, 1.807) is 24.0 Å². The van der Waals surface area contributed by atoms with E-state index in [9.17, 15) is 22.8 Å². The van der Waals surface area contributed by atoms with E-state index in [0.29, 0.717) is 25.1 Å². The van der Waals surface area contributed by atoms with Gasteiger partial charge in [-0.3, -0.25) is 14.4 Å². The van der Waals surface area contributed by atoms with Crippen LogP contribution >= 0.6 is 0 Å². The fraction of sp³-hybridized carbons (Fsp3) is 0.526. The second kappa shape index (κ2) is 8.91. The van der Waals surface area contributed by atoms with Crippen molar-refractivity contribution >= 4 is 33.4 Å². The summed E-state index contributed by atoms with van der Waals surface area (Å²) >= 11 is 0. The molecule has 3 amide bonds. The molecule has 0 spiro atoms. The van der Waals surface area contributed by atoms with Gasteiger partial charge >= 0.3 is 0 Å². The molecule has 0 bridgehead atoms. The van der Waals surface area contributed by atoms with Gasteiger partial charge in [-0.25, -0.2) is 8.42 Å². The molecule has 1 unspecified atom stereocenters. The number of anilines is 1. The molecule has 0 aliphatic carbocycles. The predicted molar refractivity (Wildman–Crippen MR) is 106 cm³/mol. The third kappa shape index (κ3) is 4.76. The number of sulfonamides is 1. The summed E-state index contributed by atoms with van der Waals surface area (Å²) in [5.74, 6) is -0.731. The Morgan fingerprint density at radius 2 is 2.03 bits per heavy atom. The van der Waals surface area contributed by atoms with Crippen LogP contribution in [0.4, 0.5) is 5.69 Å². The predicted octanol–water partition coefficient (Wildman–Crippen LogP) is 0.537. The molecule has 158 valence electrons. The Hall–Kier alpha value is -2.46. The van der Waals surface area contributed by atoms with Gasteiger partial charge < -0.3 is 15.5 Å². The first-order valence-electron chi connectivity index (χ1n) is 9.80. The average molecular weight is 423 g/mol. The lowest BCUT2D eigenvalue weighted by Crippen LogP contribution is -2.50. The molecule has 2 aliphatic rings. The second-order valence-electron chi connectivity index (χ2n) is 7.16. The number of hydrogen-bond donors (Lipinski definition) is 2. The van der Waals surface area contributed by atoms with Gasteiger partial charge in [-0.1, -0.05) is 13.0 Å². The number of piperidine rings is 1. The minimum Gasteiger partial charge on any atom is -0.354 e. The Morgan fingerprint density at radius 1 is 1.24 bits per heavy atom. The van der Waals surface area contributed by atoms with Crippen LogP contribution < -0.4 is 10.6 Å². The molecule has 2 N–H and O–H groups in total. The first-order valence-corrected chi connectivity index (χ1v) is 11.2. The zero-order valence-corrected chi connectivity index (χ0v) is 17.2. The molecule has 29 heavy (non-hydrogen) atoms. The fourth-order valence-electron chi connectivity index (χ4n) is 3.64. The summed E-state index contributed by atoms with van der Waals surface area (Å²) < 4.78 is 26.8. The molecule has 2 heterocycles. The number of amides is 3. The zero-order valence-electron chi connectivity index (χ0n) is 16.4. The number of carbonyl (C=O) groups excluding carboxylic acids is 3. The van der Waals surface area contributed by atoms with E-state index >= 15 is 0 Å². The number of rotatable bonds is 5. The van der Waals surface area contributed by atoms with Crippen LogP contribution in [-0.2, 0) is 24.4 Å². The number of hydrogen-bond acceptors (Lipinski definition) is 5. The average Bonchev–Trinajstić information content (AvgIpc) is 2.73. The van der Waals surface area contributed by atoms with Gasteiger partial charge in [0, 0.05) is 31.7 Å². The molecular formula is C19H26N4O5S. The van der Waals surface area contributed by atoms with Crippen LogP contribution in [0.25, 0.3) is 0 Å². The van der Waals surface area contributed by atoms with Gasteiger partial charge in [-0.2, -0.15) is 4.31 Å². The fourth-order valence-corrected chi connectivity index (χ4v) is 5.08. The molecule has 9 nitrogen and oxygen atoms in total. The minimum atomic E-state index is -3.85. The van der Waals surface area contributed by atoms with Gasteiger partial charge in [0.25, 0.3) is 0 Å². The van der Waals surface area contributed by atoms with Crippen LogP contribution in [0, 0.1) is 0 Å². The smallest absolute Gasteiger partial charge is 0.247 e. The maximum absolute atomic E-state index is 12.8. The Balaban J connectivity index is 1.76. The molecular weight excluding hydrogens is 396 g/mol. The van der Waals surface area contributed by atoms with Crippen molar-refractivity contribution in [1.29, 1.82) is 0 Å². The topological polar surface area (TPSA) is 116 Å². The quantitative estimate of drug-likeness (QED) is 0.718. The van der Waals surface area contributed by atoms with Crippen LogP contribution in [0.1, 0.15) is 32.6 Å². The Kier molecular flexibility index (Phi) is 6.53. The third-order valence-electron chi connectivity index (χ3n) is 5.17. The number of piperazine rings is 1. The third-order valence-corrected chi connectivity index (χ3v) is 7.01. The van der Waals surface area contributed by atoms with Gasteiger partial charge in [0.2, 0.25) is 27.7 Å². The van der Waals surface area contributed by atoms with E-state index in [2.05, 4.69) is 10.6 Å². The molecule has 0 aromatic heterocycles. The van der Waals surface area contributed by atoms with Crippen molar-refractivity contribution in [3.8, 4) is 0 Å². The van der Waals surface area contributed by atoms with Gasteiger partial charge in [-0.15, -0.1) is 0 Å². The molecule has 1 aromatic rings. The zero-order chi connectivity index (χ0) is 21.0. The van der Waals surface area contributed by atoms with Crippen LogP contribution in [-0.4, -0.2) is 67.6 Å². The molecule has 3 rings (SSSR count). The molecule has 10 heteroatoms. The normalized spacial score (nSPS) is 20.8. The van der Waals surface area contributed by atoms with E-state index in [1.807, 2.05) is 0 Å². The van der Waals surface area contributed by atoms with E-state index in [0.717, 1.165) is 17.1 Å². The van der Waals surface area contributed by atoms with Gasteiger partial charge in [0.1, 0.15) is 6.04 Å². The lowest BCUT2D eigenvalue weighted by Gasteiger charge is -2.34. The Labute approximate surface area is 170 Å². The number of benzene rings is 1. The monoisotopic (exact) mass is 422 g/mol. The van der Waals surface area contributed by atoms with Crippen molar-refractivity contribution in [2.75, 3.05) is 31.5 Å². The van der Waals surface area contributed by atoms with Crippen molar-refractivity contribution in [2.45, 2.75) is 43.5 Å². The highest BCUT2D eigenvalue weighted by molar-refractivity contribution is 7.89. The molecule has 2 saturated heterocycles. The van der Waals surface area contributed by atoms with E-state index < -0.39 is 16.1 Å². The van der Waals surface area contributed by atoms with Crippen molar-refractivity contribution in [3.63, 3.8) is 0 Å². The summed E-state index contributed by atoms with van der Waals surface area (Å²) in [5, 5.41) is 5.34. The lowest BCUT2D eigenvalue weighted by atomic mass is 10.0. The highest BCUT2D eigenvalue weighted by atomic mass is 32.2. The summed E-state index contributed by atoms with van der Waals surface area (Å²) in [4.78, 5) is 38.1. The lowest BCUT2D eigenvalue weighted by molar-refractivity contribution is -0.140. The molecule has 0 saturated carbocycles. The summed E-state index contributed by atoms with van der Waals surface area (Å²) in [6, 6.07) is 5.42. The first-order chi connectivity index (χ1) is 13.8. The SMILES string of the molecule is CCC(=O)N1CCCCC1C(=O)Nc1cccc(S(=O)(=O)N2CCNC(=O)C2)c1. The first kappa shape index (κ1) is 21.3. The van der Waals surface area contributed by atoms with Gasteiger partial charge in [-0.05, 0) is 37.5 Å². The van der Waals surface area contributed by atoms with Crippen LogP contribution in [0.15, 0.2) is 29.2 Å². The molecule has 1 atom stereocenters. The van der Waals surface area contributed by atoms with Crippen molar-refractivity contribution in [1.82, 2.24) is 14.5 Å². The molecule has 0 radical (unpaired) electrons. The van der Waals surface area contributed by atoms with Crippen molar-refractivity contribution in [2.24, 2.45) is 0 Å². The highest BCUT2D eigenvalue weighted by Crippen LogP contribution is 2.23. The Morgan fingerprint density at radius 3 is 2.76 bits per heavy atom. The molecule has 2 fully saturated rings. The second-order valence-corrected chi connectivity index (χ2v) is 9.10. The number of carbonyl (C=O) groups is 3. The maximum atomic E-state index is 12.8. The minimum absolute atomic E-state index is 0.00938. The summed E-state index contributed by atoms with van der Waals surface area (Å²) in [6.07, 6.45) is 2.64. The van der Waals surface area contributed by atoms with Crippen molar-refractivity contribution < 1.29 is 22.8 Å². The van der Waals surface area contributed by atoms with Crippen LogP contribution in [0.5, 0.6) is 0 Å². The van der Waals surface area contributed by atoms with Gasteiger partial charge in [0.05, 0.1) is 11.4 Å². The van der Waals surface area contributed by atoms with Gasteiger partial charge in [0.15, 0.2) is 0 Å². The van der Waals surface area contributed by atoms with E-state index in [-0.39, 0.29) is 42.3 Å². The number of nitrogens with one attached hydrogen (secondary N) is 2. The number of nitrogens with zero attached hydrogens (tertiary/aromatic N) is 2. The molecule has 2 aliphatic heterocycles. The van der Waals surface area contributed by atoms with E-state index in [4.69, 9.17) is 0 Å². The van der Waals surface area contributed by atoms with Crippen molar-refractivity contribution in [3.05, 3.63) is 24.3 Å². The largest absolute Gasteiger partial charge is 0.354 e. The maximum Gasteiger partial charge on any atom is 0.247 e. The summed E-state index contributed by atoms with van der Waals surface area (Å²) in [6.45, 7) is 2.55. The highest BCUT2D eigenvalue weighted by Gasteiger charge is 2.32. The number of likely N-dealkylation sites (tertiary alicyclic amines) is 1. The summed E-state index contributed by atoms with van der Waals surface area (Å²) in [7, 11) is -3.85. The molecule has 1 aromatic carbocycles. The standard InChI is InChI=1S/C19H26N4O5S/c1-2-18(25)23-10-4-3-8-16(23)19(26)21-14-6-5-7-15(12-14)29(27,28)22-11-9-20-17(24)13-22/h5-7,12,16H,2-4,8-11,13H2,1H3,(H,20,24)(H,21,26). The van der Waals surface area contributed by atoms with Crippen LogP contribution in [0.2, 0.25) is 0 Å². The van der Waals surface area contributed by atoms with E-state index in [1.165, 1.54) is 12.1 Å².